The summed E-state index contributed by atoms with van der Waals surface area (Å²) in [6, 6.07) is 1.74. The molecule has 9 heteroatoms. The van der Waals surface area contributed by atoms with Crippen LogP contribution >= 0.6 is 11.6 Å². The van der Waals surface area contributed by atoms with Crippen LogP contribution in [0, 0.1) is 17.6 Å². The van der Waals surface area contributed by atoms with Crippen LogP contribution in [0.15, 0.2) is 12.1 Å². The Hall–Kier alpha value is -2.09. The third-order valence-corrected chi connectivity index (χ3v) is 3.27. The molecule has 21 heavy (non-hydrogen) atoms. The molecule has 2 rings (SSSR count). The number of rotatable bonds is 5. The van der Waals surface area contributed by atoms with Crippen LogP contribution in [0.1, 0.15) is 13.3 Å². The molecule has 0 saturated carbocycles. The molecule has 2 aromatic rings. The maximum Gasteiger partial charge on any atom is 0.306 e. The molecule has 1 aromatic carbocycles. The summed E-state index contributed by atoms with van der Waals surface area (Å²) in [5.41, 5.74) is -0.134. The van der Waals surface area contributed by atoms with E-state index in [1.165, 1.54) is 11.6 Å². The predicted octanol–water partition coefficient (Wildman–Crippen LogP) is 2.38. The van der Waals surface area contributed by atoms with Gasteiger partial charge in [0.2, 0.25) is 0 Å². The van der Waals surface area contributed by atoms with Crippen molar-refractivity contribution in [3.8, 4) is 11.4 Å². The van der Waals surface area contributed by atoms with Gasteiger partial charge in [0.15, 0.2) is 5.82 Å². The number of nitrogens with zero attached hydrogens (tertiary/aromatic N) is 4. The first kappa shape index (κ1) is 15.3. The summed E-state index contributed by atoms with van der Waals surface area (Å²) in [6.45, 7) is 1.70. The highest BCUT2D eigenvalue weighted by molar-refractivity contribution is 6.30. The molecule has 0 aliphatic rings. The van der Waals surface area contributed by atoms with Gasteiger partial charge in [-0.1, -0.05) is 18.5 Å². The van der Waals surface area contributed by atoms with Gasteiger partial charge in [-0.15, -0.1) is 5.10 Å². The average Bonchev–Trinajstić information content (AvgIpc) is 2.88. The van der Waals surface area contributed by atoms with Crippen LogP contribution in [0.3, 0.4) is 0 Å². The number of tetrazole rings is 1. The molecule has 6 nitrogen and oxygen atoms in total. The molecule has 0 radical (unpaired) electrons. The molecule has 0 aliphatic heterocycles. The Morgan fingerprint density at radius 3 is 2.81 bits per heavy atom. The van der Waals surface area contributed by atoms with Crippen LogP contribution in [-0.2, 0) is 11.3 Å². The van der Waals surface area contributed by atoms with E-state index in [1.54, 1.807) is 0 Å². The minimum absolute atomic E-state index is 0.0145. The van der Waals surface area contributed by atoms with Crippen molar-refractivity contribution in [1.29, 1.82) is 0 Å². The van der Waals surface area contributed by atoms with Crippen LogP contribution < -0.4 is 0 Å². The van der Waals surface area contributed by atoms with Crippen LogP contribution in [-0.4, -0.2) is 31.3 Å². The Morgan fingerprint density at radius 1 is 1.43 bits per heavy atom. The number of halogens is 3. The van der Waals surface area contributed by atoms with Gasteiger partial charge in [-0.25, -0.2) is 13.5 Å². The van der Waals surface area contributed by atoms with Crippen molar-refractivity contribution >= 4 is 17.6 Å². The fraction of sp³-hybridized carbons (Fsp3) is 0.333. The Balaban J connectivity index is 2.28. The molecule has 1 atom stereocenters. The van der Waals surface area contributed by atoms with Gasteiger partial charge in [0.1, 0.15) is 11.6 Å². The van der Waals surface area contributed by atoms with E-state index in [0.29, 0.717) is 0 Å². The van der Waals surface area contributed by atoms with Crippen LogP contribution in [0.2, 0.25) is 5.02 Å². The van der Waals surface area contributed by atoms with Crippen molar-refractivity contribution < 1.29 is 18.7 Å². The second kappa shape index (κ2) is 6.13. The van der Waals surface area contributed by atoms with E-state index in [-0.39, 0.29) is 29.4 Å². The van der Waals surface area contributed by atoms with Gasteiger partial charge < -0.3 is 5.11 Å². The van der Waals surface area contributed by atoms with E-state index in [2.05, 4.69) is 15.5 Å². The number of aryl methyl sites for hydroxylation is 1. The molecule has 0 amide bonds. The summed E-state index contributed by atoms with van der Waals surface area (Å²) in [5, 5.41) is 19.2. The van der Waals surface area contributed by atoms with E-state index in [1.807, 2.05) is 0 Å². The molecule has 0 saturated heterocycles. The highest BCUT2D eigenvalue weighted by Crippen LogP contribution is 2.26. The maximum atomic E-state index is 13.8. The lowest BCUT2D eigenvalue weighted by molar-refractivity contribution is -0.141. The average molecular weight is 317 g/mol. The summed E-state index contributed by atoms with van der Waals surface area (Å²) < 4.78 is 28.5. The predicted molar refractivity (Wildman–Crippen MR) is 69.6 cm³/mol. The molecule has 1 unspecified atom stereocenters. The van der Waals surface area contributed by atoms with Crippen LogP contribution in [0.5, 0.6) is 0 Å². The number of carboxylic acid groups (broad SMARTS) is 1. The van der Waals surface area contributed by atoms with Crippen LogP contribution in [0.25, 0.3) is 11.4 Å². The summed E-state index contributed by atoms with van der Waals surface area (Å²) in [7, 11) is 0. The van der Waals surface area contributed by atoms with E-state index in [9.17, 15) is 13.6 Å². The SMILES string of the molecule is CC(CCn1nnnc1-c1cc(F)c(Cl)cc1F)C(=O)O. The molecular weight excluding hydrogens is 306 g/mol. The van der Waals surface area contributed by atoms with Gasteiger partial charge in [0.25, 0.3) is 0 Å². The zero-order valence-corrected chi connectivity index (χ0v) is 11.7. The number of benzene rings is 1. The van der Waals surface area contributed by atoms with E-state index >= 15 is 0 Å². The van der Waals surface area contributed by atoms with E-state index in [0.717, 1.165) is 12.1 Å². The second-order valence-electron chi connectivity index (χ2n) is 4.50. The highest BCUT2D eigenvalue weighted by Gasteiger charge is 2.18. The Labute approximate surface area is 123 Å². The van der Waals surface area contributed by atoms with Gasteiger partial charge in [-0.05, 0) is 29.0 Å². The summed E-state index contributed by atoms with van der Waals surface area (Å²) in [4.78, 5) is 10.8. The van der Waals surface area contributed by atoms with E-state index < -0.39 is 23.5 Å². The Kier molecular flexibility index (Phi) is 4.46. The first-order valence-electron chi connectivity index (χ1n) is 6.04. The first-order chi connectivity index (χ1) is 9.90. The standard InChI is InChI=1S/C12H11ClF2N4O2/c1-6(12(20)21)2-3-19-11(16-17-18-19)7-4-10(15)8(13)5-9(7)14/h4-6H,2-3H2,1H3,(H,20,21). The molecule has 0 aliphatic carbocycles. The number of hydrogen-bond donors (Lipinski definition) is 1. The Bertz CT molecular complexity index is 677. The normalized spacial score (nSPS) is 12.4. The number of carboxylic acids is 1. The van der Waals surface area contributed by atoms with Crippen molar-refractivity contribution in [2.75, 3.05) is 0 Å². The minimum Gasteiger partial charge on any atom is -0.481 e. The quantitative estimate of drug-likeness (QED) is 0.857. The van der Waals surface area contributed by atoms with Gasteiger partial charge >= 0.3 is 5.97 Å². The van der Waals surface area contributed by atoms with Crippen molar-refractivity contribution in [2.24, 2.45) is 5.92 Å². The monoisotopic (exact) mass is 316 g/mol. The molecule has 112 valence electrons. The maximum absolute atomic E-state index is 13.8. The molecule has 0 bridgehead atoms. The van der Waals surface area contributed by atoms with Gasteiger partial charge in [-0.3, -0.25) is 4.79 Å². The van der Waals surface area contributed by atoms with Crippen molar-refractivity contribution in [3.63, 3.8) is 0 Å². The number of aromatic nitrogens is 4. The first-order valence-corrected chi connectivity index (χ1v) is 6.42. The third-order valence-electron chi connectivity index (χ3n) is 2.98. The third kappa shape index (κ3) is 3.33. The van der Waals surface area contributed by atoms with E-state index in [4.69, 9.17) is 16.7 Å². The smallest absolute Gasteiger partial charge is 0.306 e. The molecular formula is C12H11ClF2N4O2. The van der Waals surface area contributed by atoms with Gasteiger partial charge in [0, 0.05) is 6.54 Å². The topological polar surface area (TPSA) is 80.9 Å². The minimum atomic E-state index is -0.951. The van der Waals surface area contributed by atoms with Crippen molar-refractivity contribution in [3.05, 3.63) is 28.8 Å². The summed E-state index contributed by atoms with van der Waals surface area (Å²) in [5.74, 6) is -3.09. The lowest BCUT2D eigenvalue weighted by Crippen LogP contribution is -2.14. The van der Waals surface area contributed by atoms with Crippen LogP contribution in [0.4, 0.5) is 8.78 Å². The second-order valence-corrected chi connectivity index (χ2v) is 4.91. The number of carbonyl (C=O) groups is 1. The molecule has 1 heterocycles. The Morgan fingerprint density at radius 2 is 2.14 bits per heavy atom. The van der Waals surface area contributed by atoms with Crippen molar-refractivity contribution in [1.82, 2.24) is 20.2 Å². The fourth-order valence-corrected chi connectivity index (χ4v) is 1.83. The summed E-state index contributed by atoms with van der Waals surface area (Å²) in [6.07, 6.45) is 0.255. The fourth-order valence-electron chi connectivity index (χ4n) is 1.68. The number of aliphatic carboxylic acids is 1. The highest BCUT2D eigenvalue weighted by atomic mass is 35.5. The summed E-state index contributed by atoms with van der Waals surface area (Å²) >= 11 is 5.49. The zero-order chi connectivity index (χ0) is 15.6. The molecule has 1 aromatic heterocycles. The van der Waals surface area contributed by atoms with Gasteiger partial charge in [0.05, 0.1) is 16.5 Å². The van der Waals surface area contributed by atoms with Gasteiger partial charge in [-0.2, -0.15) is 0 Å². The lowest BCUT2D eigenvalue weighted by atomic mass is 10.1. The molecule has 0 fully saturated rings. The number of hydrogen-bond acceptors (Lipinski definition) is 4. The molecule has 0 spiro atoms. The zero-order valence-electron chi connectivity index (χ0n) is 10.9. The molecule has 1 N–H and O–H groups in total. The van der Waals surface area contributed by atoms with Crippen molar-refractivity contribution in [2.45, 2.75) is 19.9 Å². The lowest BCUT2D eigenvalue weighted by Gasteiger charge is -2.08. The largest absolute Gasteiger partial charge is 0.481 e.